The number of para-hydroxylation sites is 1. The van der Waals surface area contributed by atoms with Crippen LogP contribution in [-0.2, 0) is 16.1 Å². The number of rotatable bonds is 7. The van der Waals surface area contributed by atoms with Gasteiger partial charge >= 0.3 is 5.97 Å². The highest BCUT2D eigenvalue weighted by atomic mass is 16.6. The van der Waals surface area contributed by atoms with Crippen molar-refractivity contribution in [2.24, 2.45) is 0 Å². The number of ether oxygens (including phenoxy) is 2. The topological polar surface area (TPSA) is 87.6 Å². The lowest BCUT2D eigenvalue weighted by Crippen LogP contribution is -2.11. The maximum Gasteiger partial charge on any atom is 0.375 e. The Balaban J connectivity index is 1.55. The van der Waals surface area contributed by atoms with Gasteiger partial charge in [-0.15, -0.1) is 10.2 Å². The molecule has 7 nitrogen and oxygen atoms in total. The number of hydrogen-bond donors (Lipinski definition) is 0. The molecule has 2 aromatic carbocycles. The number of aryl methyl sites for hydroxylation is 1. The average Bonchev–Trinajstić information content (AvgIpc) is 3.38. The molecule has 0 saturated heterocycles. The van der Waals surface area contributed by atoms with Crippen LogP contribution in [0.4, 0.5) is 0 Å². The van der Waals surface area contributed by atoms with Crippen LogP contribution in [0.25, 0.3) is 22.4 Å². The molecule has 2 heterocycles. The van der Waals surface area contributed by atoms with E-state index in [-0.39, 0.29) is 18.3 Å². The Bertz CT molecular complexity index is 1160. The molecule has 0 fully saturated rings. The van der Waals surface area contributed by atoms with Crippen LogP contribution in [0.5, 0.6) is 0 Å². The maximum atomic E-state index is 12.8. The number of carbonyl (C=O) groups is 1. The van der Waals surface area contributed by atoms with E-state index in [1.54, 1.807) is 13.0 Å². The number of aromatic nitrogens is 2. The molecule has 0 radical (unpaired) electrons. The van der Waals surface area contributed by atoms with Gasteiger partial charge in [0.15, 0.2) is 6.10 Å². The van der Waals surface area contributed by atoms with Crippen molar-refractivity contribution in [2.75, 3.05) is 6.61 Å². The van der Waals surface area contributed by atoms with Crippen LogP contribution in [0.1, 0.15) is 47.5 Å². The molecule has 0 aliphatic heterocycles. The highest BCUT2D eigenvalue weighted by molar-refractivity contribution is 5.96. The zero-order valence-electron chi connectivity index (χ0n) is 17.0. The average molecular weight is 406 g/mol. The van der Waals surface area contributed by atoms with Gasteiger partial charge in [0.2, 0.25) is 11.7 Å². The molecule has 0 unspecified atom stereocenters. The Morgan fingerprint density at radius 2 is 1.83 bits per heavy atom. The number of furan rings is 1. The van der Waals surface area contributed by atoms with Gasteiger partial charge in [0.1, 0.15) is 5.58 Å². The highest BCUT2D eigenvalue weighted by Gasteiger charge is 2.26. The van der Waals surface area contributed by atoms with Crippen LogP contribution in [0.15, 0.2) is 57.4 Å². The summed E-state index contributed by atoms with van der Waals surface area (Å²) in [5, 5.41) is 8.91. The summed E-state index contributed by atoms with van der Waals surface area (Å²) in [5.74, 6) is 0.0910. The fourth-order valence-electron chi connectivity index (χ4n) is 3.09. The largest absolute Gasteiger partial charge is 0.449 e. The molecular weight excluding hydrogens is 384 g/mol. The van der Waals surface area contributed by atoms with Crippen LogP contribution in [0.3, 0.4) is 0 Å². The normalized spacial score (nSPS) is 12.2. The molecular formula is C23H22N2O5. The Morgan fingerprint density at radius 3 is 2.60 bits per heavy atom. The summed E-state index contributed by atoms with van der Waals surface area (Å²) in [5.41, 5.74) is 3.20. The molecule has 7 heteroatoms. The predicted octanol–water partition coefficient (Wildman–Crippen LogP) is 5.25. The lowest BCUT2D eigenvalue weighted by Gasteiger charge is -2.09. The number of carbonyl (C=O) groups excluding carboxylic acids is 1. The minimum absolute atomic E-state index is 0.120. The Kier molecular flexibility index (Phi) is 5.63. The molecule has 0 aliphatic rings. The zero-order valence-corrected chi connectivity index (χ0v) is 17.0. The van der Waals surface area contributed by atoms with Gasteiger partial charge in [-0.05, 0) is 39.0 Å². The van der Waals surface area contributed by atoms with Gasteiger partial charge < -0.3 is 18.3 Å². The quantitative estimate of drug-likeness (QED) is 0.388. The number of fused-ring (bicyclic) bond motifs is 1. The van der Waals surface area contributed by atoms with E-state index >= 15 is 0 Å². The molecule has 30 heavy (non-hydrogen) atoms. The van der Waals surface area contributed by atoms with Crippen LogP contribution in [0, 0.1) is 6.92 Å². The molecule has 2 aromatic heterocycles. The molecule has 1 atom stereocenters. The summed E-state index contributed by atoms with van der Waals surface area (Å²) >= 11 is 0. The van der Waals surface area contributed by atoms with E-state index < -0.39 is 12.1 Å². The molecule has 0 amide bonds. The number of nitrogens with zero attached hydrogens (tertiary/aromatic N) is 2. The van der Waals surface area contributed by atoms with Crippen LogP contribution < -0.4 is 0 Å². The Hall–Kier alpha value is -3.45. The van der Waals surface area contributed by atoms with Crippen molar-refractivity contribution < 1.29 is 23.1 Å². The second-order valence-corrected chi connectivity index (χ2v) is 6.90. The second-order valence-electron chi connectivity index (χ2n) is 6.90. The first-order valence-electron chi connectivity index (χ1n) is 9.76. The molecule has 0 aliphatic carbocycles. The van der Waals surface area contributed by atoms with E-state index in [2.05, 4.69) is 10.2 Å². The summed E-state index contributed by atoms with van der Waals surface area (Å²) < 4.78 is 22.5. The fourth-order valence-corrected chi connectivity index (χ4v) is 3.09. The molecule has 4 aromatic rings. The van der Waals surface area contributed by atoms with Gasteiger partial charge in [-0.1, -0.05) is 35.9 Å². The smallest absolute Gasteiger partial charge is 0.375 e. The Labute approximate surface area is 173 Å². The molecule has 0 N–H and O–H groups in total. The number of benzene rings is 2. The van der Waals surface area contributed by atoms with Crippen molar-refractivity contribution in [3.63, 3.8) is 0 Å². The van der Waals surface area contributed by atoms with Crippen molar-refractivity contribution in [2.45, 2.75) is 33.5 Å². The number of esters is 1. The summed E-state index contributed by atoms with van der Waals surface area (Å²) in [4.78, 5) is 12.8. The first kappa shape index (κ1) is 19.8. The summed E-state index contributed by atoms with van der Waals surface area (Å²) in [6.07, 6.45) is -0.739. The van der Waals surface area contributed by atoms with Crippen molar-refractivity contribution >= 4 is 16.9 Å². The first-order chi connectivity index (χ1) is 14.6. The van der Waals surface area contributed by atoms with E-state index in [0.29, 0.717) is 23.6 Å². The lowest BCUT2D eigenvalue weighted by atomic mass is 10.1. The highest BCUT2D eigenvalue weighted by Crippen LogP contribution is 2.29. The third-order valence-corrected chi connectivity index (χ3v) is 4.70. The van der Waals surface area contributed by atoms with Crippen molar-refractivity contribution in [3.05, 3.63) is 71.3 Å². The van der Waals surface area contributed by atoms with E-state index in [1.165, 1.54) is 0 Å². The summed E-state index contributed by atoms with van der Waals surface area (Å²) in [6, 6.07) is 15.1. The Morgan fingerprint density at radius 1 is 1.07 bits per heavy atom. The van der Waals surface area contributed by atoms with E-state index in [4.69, 9.17) is 18.3 Å². The van der Waals surface area contributed by atoms with Gasteiger partial charge in [0.25, 0.3) is 5.89 Å². The first-order valence-corrected chi connectivity index (χ1v) is 9.76. The van der Waals surface area contributed by atoms with Crippen LogP contribution in [-0.4, -0.2) is 22.8 Å². The SMILES string of the molecule is CCOCc1c(C(=O)O[C@@H](C)c2nnc(-c3ccc(C)cc3)o2)oc2ccccc12. The van der Waals surface area contributed by atoms with Gasteiger partial charge in [-0.3, -0.25) is 0 Å². The number of hydrogen-bond acceptors (Lipinski definition) is 7. The van der Waals surface area contributed by atoms with E-state index in [1.807, 2.05) is 56.3 Å². The van der Waals surface area contributed by atoms with Crippen molar-refractivity contribution in [1.82, 2.24) is 10.2 Å². The third kappa shape index (κ3) is 3.97. The molecule has 0 bridgehead atoms. The summed E-state index contributed by atoms with van der Waals surface area (Å²) in [7, 11) is 0. The van der Waals surface area contributed by atoms with Gasteiger partial charge in [0, 0.05) is 23.1 Å². The minimum atomic E-state index is -0.739. The summed E-state index contributed by atoms with van der Waals surface area (Å²) in [6.45, 7) is 6.35. The minimum Gasteiger partial charge on any atom is -0.449 e. The predicted molar refractivity (Wildman–Crippen MR) is 110 cm³/mol. The van der Waals surface area contributed by atoms with Crippen LogP contribution >= 0.6 is 0 Å². The van der Waals surface area contributed by atoms with Crippen molar-refractivity contribution in [3.8, 4) is 11.5 Å². The van der Waals surface area contributed by atoms with Gasteiger partial charge in [0.05, 0.1) is 6.61 Å². The fraction of sp³-hybridized carbons (Fsp3) is 0.261. The van der Waals surface area contributed by atoms with Gasteiger partial charge in [-0.2, -0.15) is 0 Å². The molecule has 154 valence electrons. The third-order valence-electron chi connectivity index (χ3n) is 4.70. The van der Waals surface area contributed by atoms with E-state index in [9.17, 15) is 4.79 Å². The van der Waals surface area contributed by atoms with Gasteiger partial charge in [-0.25, -0.2) is 4.79 Å². The maximum absolute atomic E-state index is 12.8. The van der Waals surface area contributed by atoms with Crippen LogP contribution in [0.2, 0.25) is 0 Å². The lowest BCUT2D eigenvalue weighted by molar-refractivity contribution is 0.0240. The molecule has 0 spiro atoms. The monoisotopic (exact) mass is 406 g/mol. The molecule has 4 rings (SSSR count). The van der Waals surface area contributed by atoms with Crippen molar-refractivity contribution in [1.29, 1.82) is 0 Å². The standard InChI is InChI=1S/C23H22N2O5/c1-4-27-13-18-17-7-5-6-8-19(17)29-20(18)23(26)28-15(3)21-24-25-22(30-21)16-11-9-14(2)10-12-16/h5-12,15H,4,13H2,1-3H3/t15-/m0/s1. The zero-order chi connectivity index (χ0) is 21.1. The molecule has 0 saturated carbocycles. The van der Waals surface area contributed by atoms with E-state index in [0.717, 1.165) is 16.5 Å². The second kappa shape index (κ2) is 8.51.